The van der Waals surface area contributed by atoms with Gasteiger partial charge in [0.2, 0.25) is 0 Å². The molecular weight excluding hydrogens is 430 g/mol. The number of carbonyl (C=O) groups is 1. The molecular formula is C25H27N7O2. The summed E-state index contributed by atoms with van der Waals surface area (Å²) in [5.74, 6) is 0.170. The largest absolute Gasteiger partial charge is 0.398 e. The number of anilines is 3. The van der Waals surface area contributed by atoms with Crippen molar-refractivity contribution in [2.45, 2.75) is 13.0 Å². The number of para-hydroxylation sites is 1. The van der Waals surface area contributed by atoms with Crippen LogP contribution in [0.1, 0.15) is 29.0 Å². The molecule has 0 saturated carbocycles. The summed E-state index contributed by atoms with van der Waals surface area (Å²) < 4.78 is 3.09. The van der Waals surface area contributed by atoms with Crippen LogP contribution in [0.25, 0.3) is 16.5 Å². The first-order chi connectivity index (χ1) is 16.3. The number of nitrogens with two attached hydrogens (primary N) is 2. The SMILES string of the molecule is C=CCNc1c(C(=O)NC(C)c2cc3cccc(N)c3c(=O)n2-c2ccccc2)c(N)nn1C. The lowest BCUT2D eigenvalue weighted by molar-refractivity contribution is 0.0940. The van der Waals surface area contributed by atoms with Crippen molar-refractivity contribution in [2.24, 2.45) is 7.05 Å². The Labute approximate surface area is 196 Å². The molecule has 34 heavy (non-hydrogen) atoms. The summed E-state index contributed by atoms with van der Waals surface area (Å²) in [4.78, 5) is 26.9. The smallest absolute Gasteiger partial charge is 0.265 e. The highest BCUT2D eigenvalue weighted by Gasteiger charge is 2.24. The maximum absolute atomic E-state index is 13.6. The van der Waals surface area contributed by atoms with Crippen LogP contribution < -0.4 is 27.7 Å². The quantitative estimate of drug-likeness (QED) is 0.249. The van der Waals surface area contributed by atoms with Crippen LogP contribution in [0, 0.1) is 0 Å². The molecule has 9 nitrogen and oxygen atoms in total. The van der Waals surface area contributed by atoms with Crippen molar-refractivity contribution in [1.29, 1.82) is 0 Å². The molecule has 4 aromatic rings. The van der Waals surface area contributed by atoms with Crippen LogP contribution in [0.15, 0.2) is 72.0 Å². The van der Waals surface area contributed by atoms with Crippen molar-refractivity contribution in [1.82, 2.24) is 19.7 Å². The van der Waals surface area contributed by atoms with Crippen LogP contribution >= 0.6 is 0 Å². The number of nitrogens with one attached hydrogen (secondary N) is 2. The maximum atomic E-state index is 13.6. The predicted molar refractivity (Wildman–Crippen MR) is 136 cm³/mol. The second kappa shape index (κ2) is 9.14. The second-order valence-electron chi connectivity index (χ2n) is 7.95. The van der Waals surface area contributed by atoms with Gasteiger partial charge in [-0.25, -0.2) is 0 Å². The average Bonchev–Trinajstić information content (AvgIpc) is 3.10. The lowest BCUT2D eigenvalue weighted by Gasteiger charge is -2.21. The highest BCUT2D eigenvalue weighted by Crippen LogP contribution is 2.26. The van der Waals surface area contributed by atoms with Gasteiger partial charge in [0.05, 0.1) is 11.4 Å². The molecule has 2 aromatic carbocycles. The molecule has 2 heterocycles. The van der Waals surface area contributed by atoms with Gasteiger partial charge in [-0.05, 0) is 36.6 Å². The van der Waals surface area contributed by atoms with E-state index < -0.39 is 11.9 Å². The minimum absolute atomic E-state index is 0.102. The Bertz CT molecular complexity index is 1440. The minimum Gasteiger partial charge on any atom is -0.398 e. The molecule has 0 radical (unpaired) electrons. The van der Waals surface area contributed by atoms with E-state index in [-0.39, 0.29) is 16.9 Å². The first-order valence-corrected chi connectivity index (χ1v) is 10.8. The normalized spacial score (nSPS) is 11.8. The minimum atomic E-state index is -0.543. The Hall–Kier alpha value is -4.53. The van der Waals surface area contributed by atoms with E-state index >= 15 is 0 Å². The van der Waals surface area contributed by atoms with Gasteiger partial charge in [-0.3, -0.25) is 18.8 Å². The Morgan fingerprint density at radius 2 is 1.91 bits per heavy atom. The number of aryl methyl sites for hydroxylation is 1. The van der Waals surface area contributed by atoms with Crippen molar-refractivity contribution in [3.05, 3.63) is 88.9 Å². The third-order valence-electron chi connectivity index (χ3n) is 5.63. The number of hydrogen-bond acceptors (Lipinski definition) is 6. The monoisotopic (exact) mass is 457 g/mol. The molecule has 6 N–H and O–H groups in total. The van der Waals surface area contributed by atoms with Crippen LogP contribution in [0.5, 0.6) is 0 Å². The van der Waals surface area contributed by atoms with E-state index in [9.17, 15) is 9.59 Å². The summed E-state index contributed by atoms with van der Waals surface area (Å²) in [6, 6.07) is 15.9. The molecule has 174 valence electrons. The zero-order chi connectivity index (χ0) is 24.4. The molecule has 0 aliphatic rings. The summed E-state index contributed by atoms with van der Waals surface area (Å²) >= 11 is 0. The molecule has 1 amide bonds. The van der Waals surface area contributed by atoms with Crippen molar-refractivity contribution >= 4 is 34.0 Å². The third-order valence-corrected chi connectivity index (χ3v) is 5.63. The number of pyridine rings is 1. The molecule has 4 rings (SSSR count). The van der Waals surface area contributed by atoms with Gasteiger partial charge in [0.1, 0.15) is 11.4 Å². The summed E-state index contributed by atoms with van der Waals surface area (Å²) in [5.41, 5.74) is 13.8. The number of hydrogen-bond donors (Lipinski definition) is 4. The van der Waals surface area contributed by atoms with Gasteiger partial charge in [0.15, 0.2) is 5.82 Å². The summed E-state index contributed by atoms with van der Waals surface area (Å²) in [6.07, 6.45) is 1.67. The summed E-state index contributed by atoms with van der Waals surface area (Å²) in [7, 11) is 1.70. The Balaban J connectivity index is 1.81. The number of rotatable bonds is 7. The third kappa shape index (κ3) is 3.99. The number of nitrogen functional groups attached to an aromatic ring is 2. The van der Waals surface area contributed by atoms with Gasteiger partial charge >= 0.3 is 0 Å². The molecule has 9 heteroatoms. The number of carbonyl (C=O) groups excluding carboxylic acids is 1. The zero-order valence-corrected chi connectivity index (χ0v) is 19.1. The fourth-order valence-electron chi connectivity index (χ4n) is 4.05. The van der Waals surface area contributed by atoms with Crippen molar-refractivity contribution in [3.63, 3.8) is 0 Å². The van der Waals surface area contributed by atoms with E-state index in [4.69, 9.17) is 11.5 Å². The highest BCUT2D eigenvalue weighted by molar-refractivity contribution is 6.03. The Kier molecular flexibility index (Phi) is 6.09. The van der Waals surface area contributed by atoms with Crippen molar-refractivity contribution in [2.75, 3.05) is 23.3 Å². The van der Waals surface area contributed by atoms with E-state index in [0.29, 0.717) is 40.2 Å². The molecule has 0 fully saturated rings. The van der Waals surface area contributed by atoms with Crippen molar-refractivity contribution < 1.29 is 4.79 Å². The fraction of sp³-hybridized carbons (Fsp3) is 0.160. The number of fused-ring (bicyclic) bond motifs is 1. The standard InChI is InChI=1S/C25H27N7O2/c1-4-13-28-23-21(22(27)30-31(23)3)24(33)29-15(2)19-14-16-9-8-12-18(26)20(16)25(34)32(19)17-10-6-5-7-11-17/h4-12,14-15,28H,1,13,26H2,2-3H3,(H2,27,30)(H,29,33). The van der Waals surface area contributed by atoms with Gasteiger partial charge in [-0.1, -0.05) is 36.4 Å². The molecule has 0 aliphatic carbocycles. The van der Waals surface area contributed by atoms with E-state index in [0.717, 1.165) is 0 Å². The molecule has 1 atom stereocenters. The predicted octanol–water partition coefficient (Wildman–Crippen LogP) is 2.98. The van der Waals surface area contributed by atoms with Gasteiger partial charge in [-0.15, -0.1) is 6.58 Å². The number of amides is 1. The highest BCUT2D eigenvalue weighted by atomic mass is 16.2. The Morgan fingerprint density at radius 3 is 2.62 bits per heavy atom. The van der Waals surface area contributed by atoms with Crippen molar-refractivity contribution in [3.8, 4) is 5.69 Å². The van der Waals surface area contributed by atoms with Crippen LogP contribution in [0.4, 0.5) is 17.3 Å². The maximum Gasteiger partial charge on any atom is 0.265 e. The molecule has 0 saturated heterocycles. The first kappa shape index (κ1) is 22.7. The van der Waals surface area contributed by atoms with Crippen LogP contribution in [-0.4, -0.2) is 26.8 Å². The first-order valence-electron chi connectivity index (χ1n) is 10.8. The van der Waals surface area contributed by atoms with Crippen LogP contribution in [0.2, 0.25) is 0 Å². The molecule has 0 spiro atoms. The summed E-state index contributed by atoms with van der Waals surface area (Å²) in [6.45, 7) is 5.94. The zero-order valence-electron chi connectivity index (χ0n) is 19.1. The summed E-state index contributed by atoms with van der Waals surface area (Å²) in [5, 5.41) is 11.4. The van der Waals surface area contributed by atoms with E-state index in [2.05, 4.69) is 22.3 Å². The number of aromatic nitrogens is 3. The van der Waals surface area contributed by atoms with Crippen LogP contribution in [-0.2, 0) is 7.05 Å². The average molecular weight is 458 g/mol. The molecule has 2 aromatic heterocycles. The van der Waals surface area contributed by atoms with Crippen LogP contribution in [0.3, 0.4) is 0 Å². The van der Waals surface area contributed by atoms with Gasteiger partial charge in [0, 0.05) is 30.7 Å². The van der Waals surface area contributed by atoms with E-state index in [1.54, 1.807) is 29.8 Å². The number of benzene rings is 2. The molecule has 1 unspecified atom stereocenters. The molecule has 0 bridgehead atoms. The topological polar surface area (TPSA) is 133 Å². The Morgan fingerprint density at radius 1 is 1.18 bits per heavy atom. The fourth-order valence-corrected chi connectivity index (χ4v) is 4.05. The molecule has 0 aliphatic heterocycles. The lowest BCUT2D eigenvalue weighted by atomic mass is 10.1. The van der Waals surface area contributed by atoms with Gasteiger partial charge in [0.25, 0.3) is 11.5 Å². The number of nitrogens with zero attached hydrogens (tertiary/aromatic N) is 3. The lowest BCUT2D eigenvalue weighted by Crippen LogP contribution is -2.32. The van der Waals surface area contributed by atoms with Gasteiger partial charge in [-0.2, -0.15) is 5.10 Å². The second-order valence-corrected chi connectivity index (χ2v) is 7.95. The van der Waals surface area contributed by atoms with E-state index in [1.165, 1.54) is 4.68 Å². The van der Waals surface area contributed by atoms with Gasteiger partial charge < -0.3 is 22.1 Å². The van der Waals surface area contributed by atoms with E-state index in [1.807, 2.05) is 49.4 Å².